The second-order valence-corrected chi connectivity index (χ2v) is 5.49. The summed E-state index contributed by atoms with van der Waals surface area (Å²) >= 11 is 0. The molecule has 0 radical (unpaired) electrons. The van der Waals surface area contributed by atoms with Gasteiger partial charge in [0.2, 0.25) is 0 Å². The van der Waals surface area contributed by atoms with E-state index < -0.39 is 0 Å². The number of hydrogen-bond donors (Lipinski definition) is 1. The highest BCUT2D eigenvalue weighted by Crippen LogP contribution is 2.29. The maximum atomic E-state index is 4.49. The Kier molecular flexibility index (Phi) is 3.67. The molecule has 4 heteroatoms. The predicted octanol–water partition coefficient (Wildman–Crippen LogP) is 3.50. The van der Waals surface area contributed by atoms with Crippen LogP contribution >= 0.6 is 0 Å². The molecule has 0 spiro atoms. The summed E-state index contributed by atoms with van der Waals surface area (Å²) in [6.45, 7) is 2.27. The normalized spacial score (nSPS) is 18.6. The largest absolute Gasteiger partial charge is 0.365 e. The van der Waals surface area contributed by atoms with Crippen LogP contribution in [0.15, 0.2) is 24.7 Å². The van der Waals surface area contributed by atoms with Gasteiger partial charge in [0.25, 0.3) is 0 Å². The van der Waals surface area contributed by atoms with E-state index in [9.17, 15) is 0 Å². The highest BCUT2D eigenvalue weighted by molar-refractivity contribution is 5.67. The van der Waals surface area contributed by atoms with Crippen LogP contribution in [-0.2, 0) is 0 Å². The van der Waals surface area contributed by atoms with E-state index in [1.54, 1.807) is 0 Å². The lowest BCUT2D eigenvalue weighted by Gasteiger charge is -2.30. The molecule has 0 saturated heterocycles. The van der Waals surface area contributed by atoms with Crippen LogP contribution in [0.3, 0.4) is 0 Å². The second kappa shape index (κ2) is 5.59. The number of hydrogen-bond acceptors (Lipinski definition) is 3. The van der Waals surface area contributed by atoms with Gasteiger partial charge in [0.05, 0.1) is 6.20 Å². The zero-order chi connectivity index (χ0) is 13.1. The van der Waals surface area contributed by atoms with E-state index in [1.165, 1.54) is 32.1 Å². The first kappa shape index (κ1) is 12.5. The Balaban J connectivity index is 1.79. The monoisotopic (exact) mass is 258 g/mol. The molecule has 0 bridgehead atoms. The minimum absolute atomic E-state index is 0.536. The molecule has 1 aliphatic rings. The van der Waals surface area contributed by atoms with Gasteiger partial charge in [-0.1, -0.05) is 26.2 Å². The molecular weight excluding hydrogens is 236 g/mol. The molecular formula is C15H22N4. The van der Waals surface area contributed by atoms with Crippen molar-refractivity contribution in [1.82, 2.24) is 14.6 Å². The third-order valence-electron chi connectivity index (χ3n) is 4.31. The molecule has 0 aromatic carbocycles. The van der Waals surface area contributed by atoms with Gasteiger partial charge in [-0.2, -0.15) is 5.10 Å². The summed E-state index contributed by atoms with van der Waals surface area (Å²) in [7, 11) is 0. The molecule has 1 N–H and O–H groups in total. The molecule has 0 amide bonds. The van der Waals surface area contributed by atoms with Crippen molar-refractivity contribution in [3.63, 3.8) is 0 Å². The Labute approximate surface area is 114 Å². The highest BCUT2D eigenvalue weighted by atomic mass is 15.2. The van der Waals surface area contributed by atoms with Crippen LogP contribution in [0.5, 0.6) is 0 Å². The molecule has 0 aliphatic heterocycles. The zero-order valence-corrected chi connectivity index (χ0v) is 11.5. The molecule has 4 nitrogen and oxygen atoms in total. The minimum Gasteiger partial charge on any atom is -0.365 e. The molecule has 1 saturated carbocycles. The molecule has 1 atom stereocenters. The van der Waals surface area contributed by atoms with Crippen LogP contribution in [0, 0.1) is 5.92 Å². The van der Waals surface area contributed by atoms with Crippen molar-refractivity contribution in [1.29, 1.82) is 0 Å². The van der Waals surface area contributed by atoms with Gasteiger partial charge in [-0.25, -0.2) is 9.50 Å². The van der Waals surface area contributed by atoms with Crippen molar-refractivity contribution in [3.05, 3.63) is 24.7 Å². The number of nitrogens with one attached hydrogen (secondary N) is 1. The fourth-order valence-electron chi connectivity index (χ4n) is 3.23. The number of rotatable bonds is 4. The summed E-state index contributed by atoms with van der Waals surface area (Å²) in [6.07, 6.45) is 13.6. The maximum absolute atomic E-state index is 4.49. The molecule has 3 rings (SSSR count). The summed E-state index contributed by atoms with van der Waals surface area (Å²) in [5.41, 5.74) is 1.07. The van der Waals surface area contributed by atoms with E-state index in [1.807, 2.05) is 29.2 Å². The summed E-state index contributed by atoms with van der Waals surface area (Å²) in [6, 6.07) is 2.55. The van der Waals surface area contributed by atoms with Crippen LogP contribution < -0.4 is 5.32 Å². The fraction of sp³-hybridized carbons (Fsp3) is 0.600. The number of nitrogens with zero attached hydrogens (tertiary/aromatic N) is 3. The summed E-state index contributed by atoms with van der Waals surface area (Å²) < 4.78 is 1.88. The Morgan fingerprint density at radius 3 is 2.95 bits per heavy atom. The van der Waals surface area contributed by atoms with Gasteiger partial charge < -0.3 is 5.32 Å². The van der Waals surface area contributed by atoms with Crippen LogP contribution in [-0.4, -0.2) is 20.6 Å². The van der Waals surface area contributed by atoms with Gasteiger partial charge in [-0.05, 0) is 31.2 Å². The van der Waals surface area contributed by atoms with Crippen molar-refractivity contribution >= 4 is 11.3 Å². The van der Waals surface area contributed by atoms with Gasteiger partial charge in [-0.15, -0.1) is 0 Å². The number of aromatic nitrogens is 3. The first-order chi connectivity index (χ1) is 9.38. The molecule has 2 aromatic rings. The van der Waals surface area contributed by atoms with E-state index in [2.05, 4.69) is 22.3 Å². The van der Waals surface area contributed by atoms with E-state index in [0.29, 0.717) is 6.04 Å². The zero-order valence-electron chi connectivity index (χ0n) is 11.5. The SMILES string of the molecule is CCC(Nc1nccn2nccc12)C1CCCCC1. The highest BCUT2D eigenvalue weighted by Gasteiger charge is 2.23. The topological polar surface area (TPSA) is 42.2 Å². The van der Waals surface area contributed by atoms with E-state index in [0.717, 1.165) is 23.7 Å². The lowest BCUT2D eigenvalue weighted by atomic mass is 9.83. The maximum Gasteiger partial charge on any atom is 0.152 e. The van der Waals surface area contributed by atoms with Crippen molar-refractivity contribution in [2.45, 2.75) is 51.5 Å². The minimum atomic E-state index is 0.536. The smallest absolute Gasteiger partial charge is 0.152 e. The van der Waals surface area contributed by atoms with Gasteiger partial charge in [0.15, 0.2) is 5.82 Å². The second-order valence-electron chi connectivity index (χ2n) is 5.49. The average molecular weight is 258 g/mol. The van der Waals surface area contributed by atoms with Crippen molar-refractivity contribution in [2.75, 3.05) is 5.32 Å². The molecule has 2 aromatic heterocycles. The van der Waals surface area contributed by atoms with Crippen molar-refractivity contribution < 1.29 is 0 Å². The van der Waals surface area contributed by atoms with E-state index in [-0.39, 0.29) is 0 Å². The average Bonchev–Trinajstić information content (AvgIpc) is 2.95. The van der Waals surface area contributed by atoms with Crippen molar-refractivity contribution in [3.8, 4) is 0 Å². The first-order valence-corrected chi connectivity index (χ1v) is 7.43. The number of anilines is 1. The fourth-order valence-corrected chi connectivity index (χ4v) is 3.23. The third kappa shape index (κ3) is 2.57. The van der Waals surface area contributed by atoms with Gasteiger partial charge in [-0.3, -0.25) is 0 Å². The standard InChI is InChI=1S/C15H22N4/c1-2-13(12-6-4-3-5-7-12)18-15-14-8-9-17-19(14)11-10-16-15/h8-13H,2-7H2,1H3,(H,16,18). The quantitative estimate of drug-likeness (QED) is 0.912. The lowest BCUT2D eigenvalue weighted by molar-refractivity contribution is 0.312. The van der Waals surface area contributed by atoms with Crippen molar-refractivity contribution in [2.24, 2.45) is 5.92 Å². The Morgan fingerprint density at radius 1 is 1.32 bits per heavy atom. The van der Waals surface area contributed by atoms with Crippen LogP contribution in [0.1, 0.15) is 45.4 Å². The summed E-state index contributed by atoms with van der Waals surface area (Å²) in [4.78, 5) is 4.49. The Bertz CT molecular complexity index is 528. The Hall–Kier alpha value is -1.58. The van der Waals surface area contributed by atoms with Gasteiger partial charge >= 0.3 is 0 Å². The third-order valence-corrected chi connectivity index (χ3v) is 4.31. The van der Waals surface area contributed by atoms with E-state index in [4.69, 9.17) is 0 Å². The predicted molar refractivity (Wildman–Crippen MR) is 77.3 cm³/mol. The molecule has 102 valence electrons. The first-order valence-electron chi connectivity index (χ1n) is 7.43. The summed E-state index contributed by atoms with van der Waals surface area (Å²) in [5, 5.41) is 7.92. The van der Waals surface area contributed by atoms with Gasteiger partial charge in [0, 0.05) is 18.4 Å². The molecule has 1 fully saturated rings. The Morgan fingerprint density at radius 2 is 2.16 bits per heavy atom. The van der Waals surface area contributed by atoms with Crippen LogP contribution in [0.25, 0.3) is 5.52 Å². The molecule has 19 heavy (non-hydrogen) atoms. The lowest BCUT2D eigenvalue weighted by Crippen LogP contribution is -2.30. The molecule has 2 heterocycles. The number of fused-ring (bicyclic) bond motifs is 1. The van der Waals surface area contributed by atoms with Gasteiger partial charge in [0.1, 0.15) is 5.52 Å². The van der Waals surface area contributed by atoms with E-state index >= 15 is 0 Å². The molecule has 1 aliphatic carbocycles. The van der Waals surface area contributed by atoms with Crippen LogP contribution in [0.4, 0.5) is 5.82 Å². The molecule has 1 unspecified atom stereocenters. The summed E-state index contributed by atoms with van der Waals surface area (Å²) in [5.74, 6) is 1.76. The van der Waals surface area contributed by atoms with Crippen LogP contribution in [0.2, 0.25) is 0 Å².